The standard InChI is InChI=1S/C13H16N2O3S2/c1-9-15(6-7-19-9)20(17,18)11-3-4-12-10(8-11)2-5-13(16)14-12/h3-4,8-9H,2,5-7H2,1H3,(H,14,16). The molecule has 0 saturated carbocycles. The Kier molecular flexibility index (Phi) is 3.51. The predicted molar refractivity (Wildman–Crippen MR) is 79.2 cm³/mol. The van der Waals surface area contributed by atoms with Crippen LogP contribution in [0.4, 0.5) is 5.69 Å². The molecule has 3 rings (SSSR count). The van der Waals surface area contributed by atoms with E-state index in [1.165, 1.54) is 0 Å². The highest BCUT2D eigenvalue weighted by Crippen LogP contribution is 2.32. The van der Waals surface area contributed by atoms with E-state index in [1.807, 2.05) is 6.92 Å². The van der Waals surface area contributed by atoms with Gasteiger partial charge in [-0.15, -0.1) is 11.8 Å². The number of nitrogens with zero attached hydrogens (tertiary/aromatic N) is 1. The second-order valence-electron chi connectivity index (χ2n) is 4.95. The summed E-state index contributed by atoms with van der Waals surface area (Å²) in [4.78, 5) is 11.6. The number of aryl methyl sites for hydroxylation is 1. The van der Waals surface area contributed by atoms with E-state index in [-0.39, 0.29) is 11.3 Å². The Balaban J connectivity index is 1.96. The minimum atomic E-state index is -3.44. The first-order chi connectivity index (χ1) is 9.48. The van der Waals surface area contributed by atoms with Crippen LogP contribution in [-0.4, -0.2) is 36.3 Å². The normalized spacial score (nSPS) is 23.4. The molecule has 0 radical (unpaired) electrons. The van der Waals surface area contributed by atoms with Crippen molar-refractivity contribution in [2.45, 2.75) is 30.0 Å². The molecular weight excluding hydrogens is 296 g/mol. The molecule has 2 aliphatic rings. The number of benzene rings is 1. The number of carbonyl (C=O) groups excluding carboxylic acids is 1. The van der Waals surface area contributed by atoms with Crippen LogP contribution in [0.3, 0.4) is 0 Å². The Bertz CT molecular complexity index is 658. The number of rotatable bonds is 2. The monoisotopic (exact) mass is 312 g/mol. The highest BCUT2D eigenvalue weighted by molar-refractivity contribution is 8.01. The van der Waals surface area contributed by atoms with E-state index >= 15 is 0 Å². The van der Waals surface area contributed by atoms with Crippen LogP contribution in [0.2, 0.25) is 0 Å². The number of nitrogens with one attached hydrogen (secondary N) is 1. The van der Waals surface area contributed by atoms with Crippen LogP contribution in [0.15, 0.2) is 23.1 Å². The maximum atomic E-state index is 12.6. The Hall–Kier alpha value is -1.05. The van der Waals surface area contributed by atoms with Crippen molar-refractivity contribution in [1.82, 2.24) is 4.31 Å². The van der Waals surface area contributed by atoms with Crippen molar-refractivity contribution in [2.24, 2.45) is 0 Å². The van der Waals surface area contributed by atoms with E-state index < -0.39 is 10.0 Å². The summed E-state index contributed by atoms with van der Waals surface area (Å²) in [5.41, 5.74) is 1.62. The molecule has 20 heavy (non-hydrogen) atoms. The van der Waals surface area contributed by atoms with E-state index in [4.69, 9.17) is 0 Å². The molecule has 1 aromatic rings. The third-order valence-electron chi connectivity index (χ3n) is 3.66. The van der Waals surface area contributed by atoms with Gasteiger partial charge in [0.25, 0.3) is 0 Å². The third kappa shape index (κ3) is 2.34. The summed E-state index contributed by atoms with van der Waals surface area (Å²) in [5.74, 6) is 0.819. The zero-order chi connectivity index (χ0) is 14.3. The number of sulfonamides is 1. The fourth-order valence-corrected chi connectivity index (χ4v) is 5.63. The SMILES string of the molecule is CC1SCCN1S(=O)(=O)c1ccc2c(c1)CCC(=O)N2. The summed E-state index contributed by atoms with van der Waals surface area (Å²) in [7, 11) is -3.44. The van der Waals surface area contributed by atoms with Gasteiger partial charge >= 0.3 is 0 Å². The Morgan fingerprint density at radius 2 is 2.15 bits per heavy atom. The first kappa shape index (κ1) is 13.9. The van der Waals surface area contributed by atoms with E-state index in [2.05, 4.69) is 5.32 Å². The van der Waals surface area contributed by atoms with Gasteiger partial charge in [0, 0.05) is 24.4 Å². The predicted octanol–water partition coefficient (Wildman–Crippen LogP) is 1.65. The number of hydrogen-bond donors (Lipinski definition) is 1. The Morgan fingerprint density at radius 3 is 2.85 bits per heavy atom. The van der Waals surface area contributed by atoms with Crippen molar-refractivity contribution < 1.29 is 13.2 Å². The van der Waals surface area contributed by atoms with Gasteiger partial charge in [-0.2, -0.15) is 4.31 Å². The lowest BCUT2D eigenvalue weighted by Gasteiger charge is -2.22. The minimum Gasteiger partial charge on any atom is -0.326 e. The number of carbonyl (C=O) groups is 1. The Morgan fingerprint density at radius 1 is 1.35 bits per heavy atom. The summed E-state index contributed by atoms with van der Waals surface area (Å²) in [6.07, 6.45) is 1.00. The number of fused-ring (bicyclic) bond motifs is 1. The molecule has 2 heterocycles. The lowest BCUT2D eigenvalue weighted by Crippen LogP contribution is -2.33. The van der Waals surface area contributed by atoms with Crippen LogP contribution in [0, 0.1) is 0 Å². The molecule has 7 heteroatoms. The first-order valence-corrected chi connectivity index (χ1v) is 9.03. The molecule has 1 fully saturated rings. The fraction of sp³-hybridized carbons (Fsp3) is 0.462. The van der Waals surface area contributed by atoms with E-state index in [0.717, 1.165) is 17.0 Å². The molecule has 0 aromatic heterocycles. The van der Waals surface area contributed by atoms with Crippen molar-refractivity contribution in [3.05, 3.63) is 23.8 Å². The number of hydrogen-bond acceptors (Lipinski definition) is 4. The van der Waals surface area contributed by atoms with Gasteiger partial charge in [-0.25, -0.2) is 8.42 Å². The smallest absolute Gasteiger partial charge is 0.244 e. The van der Waals surface area contributed by atoms with Crippen molar-refractivity contribution in [1.29, 1.82) is 0 Å². The third-order valence-corrected chi connectivity index (χ3v) is 6.91. The molecule has 1 unspecified atom stereocenters. The summed E-state index contributed by atoms with van der Waals surface area (Å²) in [5, 5.41) is 2.75. The summed E-state index contributed by atoms with van der Waals surface area (Å²) < 4.78 is 26.8. The van der Waals surface area contributed by atoms with Gasteiger partial charge in [0.2, 0.25) is 15.9 Å². The second-order valence-corrected chi connectivity index (χ2v) is 8.27. The van der Waals surface area contributed by atoms with Crippen LogP contribution in [0.1, 0.15) is 18.9 Å². The molecule has 1 saturated heterocycles. The first-order valence-electron chi connectivity index (χ1n) is 6.55. The molecule has 2 aliphatic heterocycles. The van der Waals surface area contributed by atoms with Crippen LogP contribution in [0.25, 0.3) is 0 Å². The van der Waals surface area contributed by atoms with Crippen molar-refractivity contribution in [3.63, 3.8) is 0 Å². The molecule has 108 valence electrons. The zero-order valence-corrected chi connectivity index (χ0v) is 12.8. The van der Waals surface area contributed by atoms with E-state index in [1.54, 1.807) is 34.3 Å². The van der Waals surface area contributed by atoms with Crippen LogP contribution in [-0.2, 0) is 21.2 Å². The summed E-state index contributed by atoms with van der Waals surface area (Å²) >= 11 is 1.65. The van der Waals surface area contributed by atoms with Crippen molar-refractivity contribution >= 4 is 33.4 Å². The molecule has 1 N–H and O–H groups in total. The maximum absolute atomic E-state index is 12.6. The van der Waals surface area contributed by atoms with E-state index in [9.17, 15) is 13.2 Å². The lowest BCUT2D eigenvalue weighted by molar-refractivity contribution is -0.116. The molecule has 1 amide bonds. The molecule has 0 bridgehead atoms. The molecule has 0 aliphatic carbocycles. The molecule has 1 aromatic carbocycles. The second kappa shape index (κ2) is 5.05. The van der Waals surface area contributed by atoms with Gasteiger partial charge in [-0.05, 0) is 37.1 Å². The molecule has 1 atom stereocenters. The number of amides is 1. The van der Waals surface area contributed by atoms with Gasteiger partial charge in [-0.3, -0.25) is 4.79 Å². The fourth-order valence-electron chi connectivity index (χ4n) is 2.55. The zero-order valence-electron chi connectivity index (χ0n) is 11.1. The Labute approximate surface area is 122 Å². The van der Waals surface area contributed by atoms with Gasteiger partial charge in [-0.1, -0.05) is 0 Å². The summed E-state index contributed by atoms with van der Waals surface area (Å²) in [6, 6.07) is 4.96. The average Bonchev–Trinajstić information content (AvgIpc) is 2.85. The average molecular weight is 312 g/mol. The van der Waals surface area contributed by atoms with Gasteiger partial charge < -0.3 is 5.32 Å². The quantitative estimate of drug-likeness (QED) is 0.902. The van der Waals surface area contributed by atoms with Crippen LogP contribution < -0.4 is 5.32 Å². The lowest BCUT2D eigenvalue weighted by atomic mass is 10.0. The van der Waals surface area contributed by atoms with Crippen LogP contribution in [0.5, 0.6) is 0 Å². The largest absolute Gasteiger partial charge is 0.326 e. The number of thioether (sulfide) groups is 1. The van der Waals surface area contributed by atoms with Crippen molar-refractivity contribution in [3.8, 4) is 0 Å². The highest BCUT2D eigenvalue weighted by Gasteiger charge is 2.33. The van der Waals surface area contributed by atoms with Crippen LogP contribution >= 0.6 is 11.8 Å². The summed E-state index contributed by atoms with van der Waals surface area (Å²) in [6.45, 7) is 2.47. The maximum Gasteiger partial charge on any atom is 0.244 e. The number of anilines is 1. The minimum absolute atomic E-state index is 0.0160. The molecule has 5 nitrogen and oxygen atoms in total. The molecular formula is C13H16N2O3S2. The van der Waals surface area contributed by atoms with Gasteiger partial charge in [0.05, 0.1) is 10.3 Å². The van der Waals surface area contributed by atoms with Gasteiger partial charge in [0.15, 0.2) is 0 Å². The topological polar surface area (TPSA) is 66.5 Å². The molecule has 0 spiro atoms. The van der Waals surface area contributed by atoms with Gasteiger partial charge in [0.1, 0.15) is 0 Å². The van der Waals surface area contributed by atoms with Crippen molar-refractivity contribution in [2.75, 3.05) is 17.6 Å². The van der Waals surface area contributed by atoms with E-state index in [0.29, 0.717) is 24.3 Å². The highest BCUT2D eigenvalue weighted by atomic mass is 32.2.